The van der Waals surface area contributed by atoms with Crippen LogP contribution in [0.2, 0.25) is 0 Å². The number of hydrogen-bond acceptors (Lipinski definition) is 3. The number of ether oxygens (including phenoxy) is 1. The lowest BCUT2D eigenvalue weighted by Gasteiger charge is -2.33. The topological polar surface area (TPSA) is 55.6 Å². The van der Waals surface area contributed by atoms with E-state index in [2.05, 4.69) is 0 Å². The van der Waals surface area contributed by atoms with Gasteiger partial charge < -0.3 is 15.4 Å². The van der Waals surface area contributed by atoms with Crippen LogP contribution in [0.4, 0.5) is 8.78 Å². The van der Waals surface area contributed by atoms with E-state index in [1.807, 2.05) is 4.90 Å². The van der Waals surface area contributed by atoms with E-state index in [0.717, 1.165) is 25.3 Å². The Bertz CT molecular complexity index is 594. The number of hydrogen-bond donors (Lipinski definition) is 1. The Labute approximate surface area is 153 Å². The van der Waals surface area contributed by atoms with Crippen molar-refractivity contribution in [2.75, 3.05) is 13.1 Å². The maximum absolute atomic E-state index is 13.6. The van der Waals surface area contributed by atoms with Crippen LogP contribution < -0.4 is 10.5 Å². The maximum atomic E-state index is 13.6. The molecule has 2 fully saturated rings. The second-order valence-electron chi connectivity index (χ2n) is 6.83. The standard InChI is InChI=1S/C18H24F2N2O2.ClH/c19-13-4-5-17(15(20)11-13)24-14-6-8-22(9-7-14)18(23)10-12-2-1-3-16(12)21;/h4-5,11-12,14,16H,1-3,6-10,21H2;1H/t12-,16+;/m0./s1. The summed E-state index contributed by atoms with van der Waals surface area (Å²) in [6, 6.07) is 3.46. The van der Waals surface area contributed by atoms with Crippen molar-refractivity contribution in [1.82, 2.24) is 4.90 Å². The van der Waals surface area contributed by atoms with Crippen molar-refractivity contribution in [3.8, 4) is 5.75 Å². The molecule has 1 amide bonds. The first-order chi connectivity index (χ1) is 11.5. The van der Waals surface area contributed by atoms with E-state index < -0.39 is 11.6 Å². The van der Waals surface area contributed by atoms with Gasteiger partial charge in [0.1, 0.15) is 11.9 Å². The quantitative estimate of drug-likeness (QED) is 0.880. The number of amides is 1. The maximum Gasteiger partial charge on any atom is 0.222 e. The number of likely N-dealkylation sites (tertiary alicyclic amines) is 1. The van der Waals surface area contributed by atoms with E-state index in [0.29, 0.717) is 38.3 Å². The smallest absolute Gasteiger partial charge is 0.222 e. The summed E-state index contributed by atoms with van der Waals surface area (Å²) < 4.78 is 32.2. The van der Waals surface area contributed by atoms with Gasteiger partial charge in [-0.25, -0.2) is 8.78 Å². The number of nitrogens with zero attached hydrogens (tertiary/aromatic N) is 1. The van der Waals surface area contributed by atoms with Gasteiger partial charge in [0.15, 0.2) is 11.6 Å². The highest BCUT2D eigenvalue weighted by Gasteiger charge is 2.30. The molecule has 1 aliphatic heterocycles. The highest BCUT2D eigenvalue weighted by molar-refractivity contribution is 5.85. The van der Waals surface area contributed by atoms with Gasteiger partial charge in [0, 0.05) is 44.5 Å². The minimum Gasteiger partial charge on any atom is -0.487 e. The average molecular weight is 375 g/mol. The summed E-state index contributed by atoms with van der Waals surface area (Å²) in [4.78, 5) is 14.2. The highest BCUT2D eigenvalue weighted by Crippen LogP contribution is 2.28. The van der Waals surface area contributed by atoms with Crippen LogP contribution in [0.1, 0.15) is 38.5 Å². The van der Waals surface area contributed by atoms with Crippen molar-refractivity contribution in [2.24, 2.45) is 11.7 Å². The van der Waals surface area contributed by atoms with Crippen LogP contribution in [-0.2, 0) is 4.79 Å². The summed E-state index contributed by atoms with van der Waals surface area (Å²) in [5.74, 6) is -0.782. The molecular weight excluding hydrogens is 350 g/mol. The first kappa shape index (κ1) is 19.9. The van der Waals surface area contributed by atoms with Gasteiger partial charge in [-0.15, -0.1) is 12.4 Å². The second kappa shape index (κ2) is 8.81. The number of rotatable bonds is 4. The van der Waals surface area contributed by atoms with E-state index in [1.54, 1.807) is 0 Å². The zero-order valence-electron chi connectivity index (χ0n) is 14.1. The molecule has 3 rings (SSSR count). The molecule has 1 aromatic carbocycles. The molecule has 2 aliphatic rings. The zero-order chi connectivity index (χ0) is 17.1. The van der Waals surface area contributed by atoms with Crippen molar-refractivity contribution >= 4 is 18.3 Å². The fraction of sp³-hybridized carbons (Fsp3) is 0.611. The van der Waals surface area contributed by atoms with Crippen LogP contribution in [-0.4, -0.2) is 36.0 Å². The number of nitrogens with two attached hydrogens (primary N) is 1. The van der Waals surface area contributed by atoms with Crippen LogP contribution in [0.15, 0.2) is 18.2 Å². The van der Waals surface area contributed by atoms with E-state index in [4.69, 9.17) is 10.5 Å². The number of benzene rings is 1. The van der Waals surface area contributed by atoms with Crippen LogP contribution in [0, 0.1) is 17.6 Å². The normalized spacial score (nSPS) is 24.0. The summed E-state index contributed by atoms with van der Waals surface area (Å²) in [5.41, 5.74) is 6.04. The Morgan fingerprint density at radius 1 is 1.20 bits per heavy atom. The Hall–Kier alpha value is -1.40. The van der Waals surface area contributed by atoms with Crippen LogP contribution >= 0.6 is 12.4 Å². The average Bonchev–Trinajstić information content (AvgIpc) is 2.96. The fourth-order valence-electron chi connectivity index (χ4n) is 3.65. The molecule has 7 heteroatoms. The number of piperidine rings is 1. The summed E-state index contributed by atoms with van der Waals surface area (Å²) in [6.45, 7) is 1.21. The number of carbonyl (C=O) groups is 1. The van der Waals surface area contributed by atoms with Crippen LogP contribution in [0.25, 0.3) is 0 Å². The van der Waals surface area contributed by atoms with Gasteiger partial charge in [0.25, 0.3) is 0 Å². The molecule has 0 radical (unpaired) electrons. The van der Waals surface area contributed by atoms with E-state index in [9.17, 15) is 13.6 Å². The molecule has 0 aromatic heterocycles. The Morgan fingerprint density at radius 3 is 2.52 bits per heavy atom. The number of halogens is 3. The molecule has 1 aromatic rings. The summed E-state index contributed by atoms with van der Waals surface area (Å²) in [6.07, 6.45) is 4.84. The summed E-state index contributed by atoms with van der Waals surface area (Å²) in [7, 11) is 0. The van der Waals surface area contributed by atoms with Crippen molar-refractivity contribution in [2.45, 2.75) is 50.7 Å². The zero-order valence-corrected chi connectivity index (χ0v) is 14.9. The van der Waals surface area contributed by atoms with Crippen LogP contribution in [0.5, 0.6) is 5.75 Å². The molecule has 1 heterocycles. The van der Waals surface area contributed by atoms with Gasteiger partial charge >= 0.3 is 0 Å². The predicted molar refractivity (Wildman–Crippen MR) is 93.8 cm³/mol. The lowest BCUT2D eigenvalue weighted by molar-refractivity contribution is -0.134. The largest absolute Gasteiger partial charge is 0.487 e. The lowest BCUT2D eigenvalue weighted by atomic mass is 9.98. The molecule has 0 bridgehead atoms. The monoisotopic (exact) mass is 374 g/mol. The van der Waals surface area contributed by atoms with Gasteiger partial charge in [-0.05, 0) is 30.9 Å². The van der Waals surface area contributed by atoms with Crippen molar-refractivity contribution < 1.29 is 18.3 Å². The molecule has 25 heavy (non-hydrogen) atoms. The minimum atomic E-state index is -0.691. The molecular formula is C18H25ClF2N2O2. The van der Waals surface area contributed by atoms with Gasteiger partial charge in [-0.1, -0.05) is 6.42 Å². The first-order valence-electron chi connectivity index (χ1n) is 8.68. The molecule has 0 spiro atoms. The second-order valence-corrected chi connectivity index (χ2v) is 6.83. The third kappa shape index (κ3) is 5.05. The van der Waals surface area contributed by atoms with Gasteiger partial charge in [0.05, 0.1) is 0 Å². The van der Waals surface area contributed by atoms with Gasteiger partial charge in [-0.2, -0.15) is 0 Å². The number of carbonyl (C=O) groups excluding carboxylic acids is 1. The summed E-state index contributed by atoms with van der Waals surface area (Å²) in [5, 5.41) is 0. The van der Waals surface area contributed by atoms with E-state index in [1.165, 1.54) is 12.1 Å². The third-order valence-corrected chi connectivity index (χ3v) is 5.14. The van der Waals surface area contributed by atoms with E-state index >= 15 is 0 Å². The highest BCUT2D eigenvalue weighted by atomic mass is 35.5. The van der Waals surface area contributed by atoms with Crippen LogP contribution in [0.3, 0.4) is 0 Å². The SMILES string of the molecule is Cl.N[C@@H]1CCC[C@H]1CC(=O)N1CCC(Oc2ccc(F)cc2F)CC1. The Balaban J connectivity index is 0.00000225. The molecule has 2 atom stereocenters. The molecule has 2 N–H and O–H groups in total. The first-order valence-corrected chi connectivity index (χ1v) is 8.68. The third-order valence-electron chi connectivity index (χ3n) is 5.14. The van der Waals surface area contributed by atoms with Gasteiger partial charge in [0.2, 0.25) is 5.91 Å². The molecule has 1 saturated carbocycles. The molecule has 0 unspecified atom stereocenters. The summed E-state index contributed by atoms with van der Waals surface area (Å²) >= 11 is 0. The Morgan fingerprint density at radius 2 is 1.92 bits per heavy atom. The molecule has 140 valence electrons. The van der Waals surface area contributed by atoms with Crippen molar-refractivity contribution in [3.63, 3.8) is 0 Å². The van der Waals surface area contributed by atoms with Crippen molar-refractivity contribution in [3.05, 3.63) is 29.8 Å². The van der Waals surface area contributed by atoms with E-state index in [-0.39, 0.29) is 36.2 Å². The fourth-order valence-corrected chi connectivity index (χ4v) is 3.65. The minimum absolute atomic E-state index is 0. The predicted octanol–water partition coefficient (Wildman–Crippen LogP) is 3.27. The lowest BCUT2D eigenvalue weighted by Crippen LogP contribution is -2.43. The van der Waals surface area contributed by atoms with Crippen molar-refractivity contribution in [1.29, 1.82) is 0 Å². The molecule has 1 saturated heterocycles. The Kier molecular flexibility index (Phi) is 7.02. The molecule has 4 nitrogen and oxygen atoms in total. The molecule has 1 aliphatic carbocycles. The van der Waals surface area contributed by atoms with Gasteiger partial charge in [-0.3, -0.25) is 4.79 Å².